The average molecular weight is 273 g/mol. The van der Waals surface area contributed by atoms with Crippen molar-refractivity contribution in [2.24, 2.45) is 0 Å². The molecule has 0 bridgehead atoms. The quantitative estimate of drug-likeness (QED) is 0.790. The van der Waals surface area contributed by atoms with E-state index in [0.717, 1.165) is 31.5 Å². The highest BCUT2D eigenvalue weighted by molar-refractivity contribution is 5.80. The van der Waals surface area contributed by atoms with Crippen LogP contribution in [0.5, 0.6) is 0 Å². The molecule has 1 saturated heterocycles. The first kappa shape index (κ1) is 14.3. The molecule has 1 aromatic heterocycles. The summed E-state index contributed by atoms with van der Waals surface area (Å²) in [4.78, 5) is 18.5. The molecule has 20 heavy (non-hydrogen) atoms. The topological polar surface area (TPSA) is 66.2 Å². The van der Waals surface area contributed by atoms with Gasteiger partial charge in [0.25, 0.3) is 0 Å². The maximum absolute atomic E-state index is 12.1. The second-order valence-electron chi connectivity index (χ2n) is 4.92. The number of nitriles is 1. The average Bonchev–Trinajstić information content (AvgIpc) is 2.46. The van der Waals surface area contributed by atoms with Crippen molar-refractivity contribution in [3.63, 3.8) is 0 Å². The Morgan fingerprint density at radius 1 is 1.55 bits per heavy atom. The molecule has 1 aromatic rings. The maximum atomic E-state index is 12.1. The lowest BCUT2D eigenvalue weighted by atomic mass is 10.0. The third-order valence-corrected chi connectivity index (χ3v) is 3.42. The molecule has 0 spiro atoms. The van der Waals surface area contributed by atoms with Crippen LogP contribution < -0.4 is 4.90 Å². The fourth-order valence-corrected chi connectivity index (χ4v) is 2.55. The Morgan fingerprint density at radius 2 is 2.35 bits per heavy atom. The second-order valence-corrected chi connectivity index (χ2v) is 4.92. The van der Waals surface area contributed by atoms with Gasteiger partial charge in [0.15, 0.2) is 0 Å². The fraction of sp³-hybridized carbons (Fsp3) is 0.533. The van der Waals surface area contributed by atoms with Gasteiger partial charge < -0.3 is 9.64 Å². The molecule has 0 radical (unpaired) electrons. The van der Waals surface area contributed by atoms with Crippen LogP contribution in [0.1, 0.15) is 37.4 Å². The first-order valence-corrected chi connectivity index (χ1v) is 6.97. The van der Waals surface area contributed by atoms with Crippen LogP contribution in [0.4, 0.5) is 5.82 Å². The van der Waals surface area contributed by atoms with E-state index in [1.54, 1.807) is 12.1 Å². The number of ether oxygens (including phenoxy) is 1. The SMILES string of the molecule is CCOC(=O)C1CCCCN1c1cc(C#N)cc(C)n1. The summed E-state index contributed by atoms with van der Waals surface area (Å²) >= 11 is 0. The van der Waals surface area contributed by atoms with Gasteiger partial charge in [0.05, 0.1) is 18.2 Å². The van der Waals surface area contributed by atoms with Gasteiger partial charge in [-0.25, -0.2) is 9.78 Å². The van der Waals surface area contributed by atoms with Crippen molar-refractivity contribution in [3.05, 3.63) is 23.4 Å². The van der Waals surface area contributed by atoms with Crippen LogP contribution in [0.3, 0.4) is 0 Å². The van der Waals surface area contributed by atoms with Crippen LogP contribution in [-0.2, 0) is 9.53 Å². The number of piperidine rings is 1. The normalized spacial score (nSPS) is 18.4. The van der Waals surface area contributed by atoms with Gasteiger partial charge in [-0.2, -0.15) is 5.26 Å². The summed E-state index contributed by atoms with van der Waals surface area (Å²) in [6.45, 7) is 4.82. The highest BCUT2D eigenvalue weighted by atomic mass is 16.5. The largest absolute Gasteiger partial charge is 0.464 e. The summed E-state index contributed by atoms with van der Waals surface area (Å²) in [5.41, 5.74) is 1.35. The molecule has 1 unspecified atom stereocenters. The Kier molecular flexibility index (Phi) is 4.57. The monoisotopic (exact) mass is 273 g/mol. The summed E-state index contributed by atoms with van der Waals surface area (Å²) < 4.78 is 5.15. The highest BCUT2D eigenvalue weighted by Crippen LogP contribution is 2.25. The van der Waals surface area contributed by atoms with Crippen LogP contribution in [0.25, 0.3) is 0 Å². The number of carbonyl (C=O) groups excluding carboxylic acids is 1. The Hall–Kier alpha value is -2.09. The van der Waals surface area contributed by atoms with Gasteiger partial charge in [-0.05, 0) is 45.2 Å². The molecule has 0 aliphatic carbocycles. The third-order valence-electron chi connectivity index (χ3n) is 3.42. The Bertz CT molecular complexity index is 536. The minimum absolute atomic E-state index is 0.200. The van der Waals surface area contributed by atoms with E-state index in [1.807, 2.05) is 18.7 Å². The van der Waals surface area contributed by atoms with Crippen LogP contribution in [0, 0.1) is 18.3 Å². The number of nitrogens with zero attached hydrogens (tertiary/aromatic N) is 3. The first-order chi connectivity index (χ1) is 9.65. The summed E-state index contributed by atoms with van der Waals surface area (Å²) in [5.74, 6) is 0.494. The van der Waals surface area contributed by atoms with E-state index in [-0.39, 0.29) is 12.0 Å². The molecule has 0 amide bonds. The van der Waals surface area contributed by atoms with Crippen molar-refractivity contribution in [2.75, 3.05) is 18.1 Å². The van der Waals surface area contributed by atoms with E-state index in [1.165, 1.54) is 0 Å². The number of pyridine rings is 1. The van der Waals surface area contributed by atoms with E-state index in [0.29, 0.717) is 18.0 Å². The fourth-order valence-electron chi connectivity index (χ4n) is 2.55. The molecule has 0 aromatic carbocycles. The lowest BCUT2D eigenvalue weighted by Gasteiger charge is -2.35. The molecule has 106 valence electrons. The Labute approximate surface area is 119 Å². The molecule has 0 N–H and O–H groups in total. The number of esters is 1. The minimum atomic E-state index is -0.287. The van der Waals surface area contributed by atoms with Crippen molar-refractivity contribution in [1.29, 1.82) is 5.26 Å². The number of aryl methyl sites for hydroxylation is 1. The molecule has 1 aliphatic heterocycles. The summed E-state index contributed by atoms with van der Waals surface area (Å²) in [6.07, 6.45) is 2.81. The van der Waals surface area contributed by atoms with Crippen LogP contribution in [0.15, 0.2) is 12.1 Å². The number of hydrogen-bond donors (Lipinski definition) is 0. The van der Waals surface area contributed by atoms with Crippen LogP contribution >= 0.6 is 0 Å². The van der Waals surface area contributed by atoms with E-state index >= 15 is 0 Å². The summed E-state index contributed by atoms with van der Waals surface area (Å²) in [5, 5.41) is 9.06. The van der Waals surface area contributed by atoms with Gasteiger partial charge in [-0.3, -0.25) is 0 Å². The minimum Gasteiger partial charge on any atom is -0.464 e. The molecule has 2 rings (SSSR count). The number of carbonyl (C=O) groups is 1. The highest BCUT2D eigenvalue weighted by Gasteiger charge is 2.30. The first-order valence-electron chi connectivity index (χ1n) is 6.97. The van der Waals surface area contributed by atoms with Crippen LogP contribution in [-0.4, -0.2) is 30.1 Å². The van der Waals surface area contributed by atoms with Crippen molar-refractivity contribution in [1.82, 2.24) is 4.98 Å². The Morgan fingerprint density at radius 3 is 3.05 bits per heavy atom. The molecule has 5 heteroatoms. The molecule has 1 atom stereocenters. The molecule has 1 fully saturated rings. The number of aromatic nitrogens is 1. The zero-order chi connectivity index (χ0) is 14.5. The molecule has 2 heterocycles. The van der Waals surface area contributed by atoms with Crippen molar-refractivity contribution < 1.29 is 9.53 Å². The van der Waals surface area contributed by atoms with E-state index in [4.69, 9.17) is 10.00 Å². The van der Waals surface area contributed by atoms with Gasteiger partial charge in [0, 0.05) is 12.2 Å². The van der Waals surface area contributed by atoms with Crippen molar-refractivity contribution in [2.45, 2.75) is 39.2 Å². The standard InChI is InChI=1S/C15H19N3O2/c1-3-20-15(19)13-6-4-5-7-18(13)14-9-12(10-16)8-11(2)17-14/h8-9,13H,3-7H2,1-2H3. The summed E-state index contributed by atoms with van der Waals surface area (Å²) in [6, 6.07) is 5.33. The Balaban J connectivity index is 2.30. The molecular weight excluding hydrogens is 254 g/mol. The predicted molar refractivity (Wildman–Crippen MR) is 75.3 cm³/mol. The zero-order valence-electron chi connectivity index (χ0n) is 11.9. The van der Waals surface area contributed by atoms with E-state index in [2.05, 4.69) is 11.1 Å². The van der Waals surface area contributed by atoms with Crippen molar-refractivity contribution >= 4 is 11.8 Å². The summed E-state index contributed by atoms with van der Waals surface area (Å²) in [7, 11) is 0. The number of hydrogen-bond acceptors (Lipinski definition) is 5. The third kappa shape index (κ3) is 3.08. The van der Waals surface area contributed by atoms with Gasteiger partial charge in [0.2, 0.25) is 0 Å². The van der Waals surface area contributed by atoms with Gasteiger partial charge in [0.1, 0.15) is 11.9 Å². The number of rotatable bonds is 3. The lowest BCUT2D eigenvalue weighted by Crippen LogP contribution is -2.46. The van der Waals surface area contributed by atoms with E-state index in [9.17, 15) is 4.79 Å². The van der Waals surface area contributed by atoms with Crippen molar-refractivity contribution in [3.8, 4) is 6.07 Å². The van der Waals surface area contributed by atoms with Gasteiger partial charge >= 0.3 is 5.97 Å². The smallest absolute Gasteiger partial charge is 0.328 e. The number of anilines is 1. The van der Waals surface area contributed by atoms with Gasteiger partial charge in [-0.15, -0.1) is 0 Å². The molecule has 0 saturated carbocycles. The molecule has 5 nitrogen and oxygen atoms in total. The second kappa shape index (κ2) is 6.38. The molecular formula is C15H19N3O2. The lowest BCUT2D eigenvalue weighted by molar-refractivity contribution is -0.145. The molecule has 1 aliphatic rings. The predicted octanol–water partition coefficient (Wildman–Crippen LogP) is 2.18. The van der Waals surface area contributed by atoms with Gasteiger partial charge in [-0.1, -0.05) is 0 Å². The van der Waals surface area contributed by atoms with E-state index < -0.39 is 0 Å². The maximum Gasteiger partial charge on any atom is 0.328 e. The van der Waals surface area contributed by atoms with Crippen LogP contribution in [0.2, 0.25) is 0 Å². The zero-order valence-corrected chi connectivity index (χ0v) is 11.9.